The zero-order chi connectivity index (χ0) is 18.3. The third-order valence-electron chi connectivity index (χ3n) is 5.56. The van der Waals surface area contributed by atoms with Crippen LogP contribution in [0.5, 0.6) is 0 Å². The molecule has 25 heavy (non-hydrogen) atoms. The summed E-state index contributed by atoms with van der Waals surface area (Å²) < 4.78 is 0. The molecular formula is C22H32N2O. The van der Waals surface area contributed by atoms with Gasteiger partial charge in [0.05, 0.1) is 11.4 Å². The molecule has 1 saturated carbocycles. The van der Waals surface area contributed by atoms with Crippen LogP contribution in [0, 0.1) is 11.3 Å². The molecule has 0 radical (unpaired) electrons. The van der Waals surface area contributed by atoms with Crippen molar-refractivity contribution in [1.82, 2.24) is 5.06 Å². The Balaban J connectivity index is 2.10. The summed E-state index contributed by atoms with van der Waals surface area (Å²) in [5.41, 5.74) is 3.00. The van der Waals surface area contributed by atoms with Crippen molar-refractivity contribution in [3.8, 4) is 0 Å². The topological polar surface area (TPSA) is 35.8 Å². The van der Waals surface area contributed by atoms with Gasteiger partial charge in [0.15, 0.2) is 0 Å². The average molecular weight is 341 g/mol. The molecule has 2 rings (SSSR count). The summed E-state index contributed by atoms with van der Waals surface area (Å²) >= 11 is 0. The van der Waals surface area contributed by atoms with Crippen molar-refractivity contribution >= 4 is 5.71 Å². The number of hydrogen-bond acceptors (Lipinski definition) is 3. The molecule has 0 spiro atoms. The van der Waals surface area contributed by atoms with Crippen LogP contribution in [0.3, 0.4) is 0 Å². The van der Waals surface area contributed by atoms with E-state index in [1.54, 1.807) is 13.1 Å². The van der Waals surface area contributed by atoms with Crippen LogP contribution < -0.4 is 0 Å². The van der Waals surface area contributed by atoms with E-state index in [9.17, 15) is 5.21 Å². The minimum atomic E-state index is 0.419. The molecule has 2 unspecified atom stereocenters. The maximum Gasteiger partial charge on any atom is 0.0664 e. The summed E-state index contributed by atoms with van der Waals surface area (Å²) in [5, 5.41) is 12.0. The van der Waals surface area contributed by atoms with Gasteiger partial charge in [-0.3, -0.25) is 15.3 Å². The molecule has 2 atom stereocenters. The number of nitrogens with zero attached hydrogens (tertiary/aromatic N) is 2. The summed E-state index contributed by atoms with van der Waals surface area (Å²) in [4.78, 5) is 4.37. The smallest absolute Gasteiger partial charge is 0.0664 e. The number of aliphatic imine (C=N–C) groups is 1. The third kappa shape index (κ3) is 5.30. The number of rotatable bonds is 7. The van der Waals surface area contributed by atoms with Crippen LogP contribution in [0.15, 0.2) is 59.8 Å². The first-order valence-electron chi connectivity index (χ1n) is 9.34. The standard InChI is InChI=1S/C22H32N2O/c1-5-20(15-21(23-4)19-12-8-7-9-13-19)24(25)17-18-11-10-14-22(3,6-2)16-18/h5,7-9,12-13,15,18,25H,1,6,10-11,14,16-17H2,2-4H3/b20-15+,23-21+. The van der Waals surface area contributed by atoms with E-state index in [2.05, 4.69) is 25.4 Å². The van der Waals surface area contributed by atoms with Gasteiger partial charge in [-0.05, 0) is 48.3 Å². The zero-order valence-corrected chi connectivity index (χ0v) is 15.9. The van der Waals surface area contributed by atoms with Gasteiger partial charge in [-0.15, -0.1) is 0 Å². The maximum absolute atomic E-state index is 10.6. The first-order valence-corrected chi connectivity index (χ1v) is 9.34. The second-order valence-corrected chi connectivity index (χ2v) is 7.46. The van der Waals surface area contributed by atoms with E-state index in [-0.39, 0.29) is 0 Å². The molecule has 1 aromatic carbocycles. The monoisotopic (exact) mass is 340 g/mol. The average Bonchev–Trinajstić information content (AvgIpc) is 2.63. The van der Waals surface area contributed by atoms with Crippen LogP contribution in [-0.4, -0.2) is 29.6 Å². The fourth-order valence-corrected chi connectivity index (χ4v) is 3.81. The lowest BCUT2D eigenvalue weighted by Crippen LogP contribution is -2.33. The minimum Gasteiger partial charge on any atom is -0.288 e. The highest BCUT2D eigenvalue weighted by Crippen LogP contribution is 2.41. The molecule has 1 N–H and O–H groups in total. The van der Waals surface area contributed by atoms with E-state index in [1.807, 2.05) is 36.4 Å². The third-order valence-corrected chi connectivity index (χ3v) is 5.56. The Morgan fingerprint density at radius 1 is 1.40 bits per heavy atom. The van der Waals surface area contributed by atoms with Gasteiger partial charge >= 0.3 is 0 Å². The van der Waals surface area contributed by atoms with E-state index < -0.39 is 0 Å². The largest absolute Gasteiger partial charge is 0.288 e. The second-order valence-electron chi connectivity index (χ2n) is 7.46. The molecule has 1 fully saturated rings. The summed E-state index contributed by atoms with van der Waals surface area (Å²) in [5.74, 6) is 0.519. The van der Waals surface area contributed by atoms with Crippen LogP contribution in [0.2, 0.25) is 0 Å². The van der Waals surface area contributed by atoms with Crippen molar-refractivity contribution in [3.63, 3.8) is 0 Å². The van der Waals surface area contributed by atoms with Crippen molar-refractivity contribution < 1.29 is 5.21 Å². The van der Waals surface area contributed by atoms with Crippen LogP contribution >= 0.6 is 0 Å². The Bertz CT molecular complexity index is 620. The van der Waals surface area contributed by atoms with Crippen LogP contribution in [0.25, 0.3) is 0 Å². The molecule has 3 nitrogen and oxygen atoms in total. The van der Waals surface area contributed by atoms with Gasteiger partial charge < -0.3 is 0 Å². The summed E-state index contributed by atoms with van der Waals surface area (Å²) in [6, 6.07) is 10.0. The molecule has 0 bridgehead atoms. The number of benzene rings is 1. The summed E-state index contributed by atoms with van der Waals surface area (Å²) in [7, 11) is 1.77. The lowest BCUT2D eigenvalue weighted by Gasteiger charge is -2.39. The highest BCUT2D eigenvalue weighted by Gasteiger charge is 2.31. The normalized spacial score (nSPS) is 24.9. The van der Waals surface area contributed by atoms with Gasteiger partial charge in [0.2, 0.25) is 0 Å². The lowest BCUT2D eigenvalue weighted by atomic mass is 9.69. The van der Waals surface area contributed by atoms with Crippen LogP contribution in [0.4, 0.5) is 0 Å². The highest BCUT2D eigenvalue weighted by molar-refractivity contribution is 6.09. The molecule has 1 aliphatic carbocycles. The highest BCUT2D eigenvalue weighted by atomic mass is 16.5. The Hall–Kier alpha value is -1.87. The fraction of sp³-hybridized carbons (Fsp3) is 0.500. The molecule has 0 saturated heterocycles. The van der Waals surface area contributed by atoms with Crippen molar-refractivity contribution in [2.24, 2.45) is 16.3 Å². The maximum atomic E-state index is 10.6. The van der Waals surface area contributed by atoms with Crippen LogP contribution in [-0.2, 0) is 0 Å². The first-order chi connectivity index (χ1) is 12.0. The minimum absolute atomic E-state index is 0.419. The van der Waals surface area contributed by atoms with Crippen molar-refractivity contribution in [1.29, 1.82) is 0 Å². The molecule has 1 aliphatic rings. The molecule has 136 valence electrons. The van der Waals surface area contributed by atoms with E-state index in [0.717, 1.165) is 11.3 Å². The first kappa shape index (κ1) is 19.5. The van der Waals surface area contributed by atoms with Gasteiger partial charge in [-0.25, -0.2) is 0 Å². The predicted octanol–water partition coefficient (Wildman–Crippen LogP) is 5.47. The number of allylic oxidation sites excluding steroid dienone is 2. The van der Waals surface area contributed by atoms with Gasteiger partial charge in [-0.1, -0.05) is 63.6 Å². The SMILES string of the molecule is C=C/C(=C\C(=N/C)c1ccccc1)N(O)CC1CCCC(C)(CC)C1. The van der Waals surface area contributed by atoms with Gasteiger partial charge in [0.1, 0.15) is 0 Å². The quantitative estimate of drug-likeness (QED) is 0.406. The Morgan fingerprint density at radius 3 is 2.72 bits per heavy atom. The molecule has 0 aliphatic heterocycles. The van der Waals surface area contributed by atoms with Crippen LogP contribution in [0.1, 0.15) is 51.5 Å². The van der Waals surface area contributed by atoms with E-state index >= 15 is 0 Å². The number of hydroxylamine groups is 2. The van der Waals surface area contributed by atoms with E-state index in [1.165, 1.54) is 37.2 Å². The summed E-state index contributed by atoms with van der Waals surface area (Å²) in [6.45, 7) is 9.18. The second kappa shape index (κ2) is 9.00. The lowest BCUT2D eigenvalue weighted by molar-refractivity contribution is -0.0715. The number of hydrogen-bond donors (Lipinski definition) is 1. The molecule has 0 aromatic heterocycles. The Kier molecular flexibility index (Phi) is 7.01. The van der Waals surface area contributed by atoms with Gasteiger partial charge in [-0.2, -0.15) is 0 Å². The molecule has 1 aromatic rings. The van der Waals surface area contributed by atoms with Crippen molar-refractivity contribution in [2.75, 3.05) is 13.6 Å². The molecule has 0 heterocycles. The van der Waals surface area contributed by atoms with E-state index in [4.69, 9.17) is 0 Å². The van der Waals surface area contributed by atoms with E-state index in [0.29, 0.717) is 23.6 Å². The fourth-order valence-electron chi connectivity index (χ4n) is 3.81. The molecule has 0 amide bonds. The van der Waals surface area contributed by atoms with Gasteiger partial charge in [0, 0.05) is 13.6 Å². The molecule has 3 heteroatoms. The van der Waals surface area contributed by atoms with Gasteiger partial charge in [0.25, 0.3) is 0 Å². The molecular weight excluding hydrogens is 308 g/mol. The predicted molar refractivity (Wildman–Crippen MR) is 106 cm³/mol. The van der Waals surface area contributed by atoms with Crippen molar-refractivity contribution in [2.45, 2.75) is 46.0 Å². The zero-order valence-electron chi connectivity index (χ0n) is 15.9. The van der Waals surface area contributed by atoms with Crippen molar-refractivity contribution in [3.05, 3.63) is 60.3 Å². The summed E-state index contributed by atoms with van der Waals surface area (Å²) in [6.07, 6.45) is 9.74. The Labute approximate surface area is 152 Å². The Morgan fingerprint density at radius 2 is 2.12 bits per heavy atom.